The van der Waals surface area contributed by atoms with Gasteiger partial charge in [-0.05, 0) is 88.9 Å². The van der Waals surface area contributed by atoms with Crippen molar-refractivity contribution in [2.75, 3.05) is 47.1 Å². The lowest BCUT2D eigenvalue weighted by Gasteiger charge is -2.28. The van der Waals surface area contributed by atoms with Crippen LogP contribution in [0.25, 0.3) is 39.2 Å². The number of aromatic amines is 1. The maximum atomic E-state index is 14.0. The standard InChI is InChI=1S/C52H56N8O7/c1-4-22-59(50(62)46(58-52(64)66-3)33-9-6-5-7-10-33)31-45-54-41-19-17-38-28-37(16-18-40(38)47(41)57-45)34-12-13-36-29-39(15-14-35(36)27-34)43-30-53-48(55-43)44-11-8-23-60(44)49(61)42(56-51(63)65-2)26-32-20-24-67-25-21-32/h5-7,9-10,12-19,26-30,41-42,44,46-47H,4,8,11,20-25,31H2,1-3H3,(H,53,55)(H,54,57)(H,56,63)(H,58,64)/t41?,42-,44-,46+,47?/m0/s1. The van der Waals surface area contributed by atoms with Crippen LogP contribution in [0.4, 0.5) is 9.59 Å². The second-order valence-electron chi connectivity index (χ2n) is 17.3. The van der Waals surface area contributed by atoms with Crippen molar-refractivity contribution in [1.82, 2.24) is 35.7 Å². The maximum Gasteiger partial charge on any atom is 0.407 e. The minimum Gasteiger partial charge on any atom is -0.453 e. The summed E-state index contributed by atoms with van der Waals surface area (Å²) in [6.07, 6.45) is 10.4. The van der Waals surface area contributed by atoms with E-state index in [-0.39, 0.29) is 36.5 Å². The average Bonchev–Trinajstić information content (AvgIpc) is 4.16. The molecule has 0 radical (unpaired) electrons. The minimum absolute atomic E-state index is 0.0434. The van der Waals surface area contributed by atoms with E-state index in [2.05, 4.69) is 87.7 Å². The zero-order valence-corrected chi connectivity index (χ0v) is 38.0. The van der Waals surface area contributed by atoms with Gasteiger partial charge in [-0.25, -0.2) is 14.6 Å². The van der Waals surface area contributed by atoms with Gasteiger partial charge >= 0.3 is 12.2 Å². The summed E-state index contributed by atoms with van der Waals surface area (Å²) < 4.78 is 15.2. The van der Waals surface area contributed by atoms with Gasteiger partial charge in [0, 0.05) is 18.7 Å². The number of carbonyl (C=O) groups excluding carboxylic acids is 4. The number of rotatable bonds is 13. The summed E-state index contributed by atoms with van der Waals surface area (Å²) in [6.45, 7) is 4.54. The van der Waals surface area contributed by atoms with E-state index in [0.717, 1.165) is 87.8 Å². The second kappa shape index (κ2) is 20.1. The highest BCUT2D eigenvalue weighted by atomic mass is 16.5. The molecule has 0 bridgehead atoms. The number of H-pyrrole nitrogens is 1. The molecule has 5 aromatic rings. The van der Waals surface area contributed by atoms with Crippen LogP contribution in [-0.2, 0) is 23.8 Å². The van der Waals surface area contributed by atoms with Crippen molar-refractivity contribution >= 4 is 46.7 Å². The van der Waals surface area contributed by atoms with Gasteiger partial charge in [-0.2, -0.15) is 0 Å². The summed E-state index contributed by atoms with van der Waals surface area (Å²) in [6, 6.07) is 26.4. The second-order valence-corrected chi connectivity index (χ2v) is 17.3. The largest absolute Gasteiger partial charge is 0.453 e. The highest BCUT2D eigenvalue weighted by Crippen LogP contribution is 2.38. The Morgan fingerprint density at radius 2 is 1.63 bits per heavy atom. The molecule has 1 aromatic heterocycles. The van der Waals surface area contributed by atoms with Crippen molar-refractivity contribution < 1.29 is 33.4 Å². The Hall–Kier alpha value is -7.26. The van der Waals surface area contributed by atoms with Crippen molar-refractivity contribution in [3.8, 4) is 22.4 Å². The van der Waals surface area contributed by atoms with Gasteiger partial charge in [-0.3, -0.25) is 14.6 Å². The van der Waals surface area contributed by atoms with Gasteiger partial charge in [0.15, 0.2) is 0 Å². The lowest BCUT2D eigenvalue weighted by Crippen LogP contribution is -2.47. The number of fused-ring (bicyclic) bond motifs is 4. The first-order valence-electron chi connectivity index (χ1n) is 23.0. The molecule has 3 aliphatic heterocycles. The molecule has 5 atom stereocenters. The molecule has 0 saturated carbocycles. The van der Waals surface area contributed by atoms with E-state index in [1.54, 1.807) is 4.90 Å². The average molecular weight is 905 g/mol. The van der Waals surface area contributed by atoms with Gasteiger partial charge in [0.2, 0.25) is 11.8 Å². The number of nitrogens with one attached hydrogen (secondary N) is 4. The molecule has 1 aliphatic carbocycles. The van der Waals surface area contributed by atoms with E-state index in [4.69, 9.17) is 24.2 Å². The van der Waals surface area contributed by atoms with E-state index in [9.17, 15) is 19.2 Å². The molecule has 15 heteroatoms. The maximum absolute atomic E-state index is 14.0. The van der Waals surface area contributed by atoms with E-state index in [1.807, 2.05) is 54.4 Å². The van der Waals surface area contributed by atoms with Crippen LogP contribution in [0, 0.1) is 0 Å². The molecule has 4 heterocycles. The van der Waals surface area contributed by atoms with Crippen LogP contribution < -0.4 is 16.0 Å². The SMILES string of the molecule is CCCN(CC1=NC2c3ccc(-c4ccc5cc(-c6cnc([C@@H]7CCCN7C(=O)[C@H](C=C7CCOCC7)NC(=O)OC)[nH]6)ccc5c4)cc3C=CC2N1)C(=O)[C@H](NC(=O)OC)c1ccccc1. The van der Waals surface area contributed by atoms with E-state index in [1.165, 1.54) is 14.2 Å². The number of alkyl carbamates (subject to hydrolysis) is 2. The number of amides is 4. The molecule has 346 valence electrons. The first kappa shape index (κ1) is 44.9. The number of benzene rings is 4. The number of hydrogen-bond donors (Lipinski definition) is 4. The number of imidazole rings is 1. The molecule has 15 nitrogen and oxygen atoms in total. The van der Waals surface area contributed by atoms with Crippen LogP contribution in [0.1, 0.15) is 79.7 Å². The molecule has 2 unspecified atom stereocenters. The number of likely N-dealkylation sites (tertiary alicyclic amines) is 1. The van der Waals surface area contributed by atoms with Crippen LogP contribution in [0.3, 0.4) is 0 Å². The number of methoxy groups -OCH3 is 2. The number of amidine groups is 1. The fraction of sp³-hybridized carbons (Fsp3) is 0.346. The number of hydrogen-bond acceptors (Lipinski definition) is 10. The molecule has 4 amide bonds. The number of nitrogens with zero attached hydrogens (tertiary/aromatic N) is 4. The number of ether oxygens (including phenoxy) is 3. The van der Waals surface area contributed by atoms with E-state index >= 15 is 0 Å². The van der Waals surface area contributed by atoms with Crippen molar-refractivity contribution in [2.24, 2.45) is 4.99 Å². The van der Waals surface area contributed by atoms with Gasteiger partial charge in [-0.15, -0.1) is 0 Å². The first-order chi connectivity index (χ1) is 32.7. The van der Waals surface area contributed by atoms with Gasteiger partial charge in [-0.1, -0.05) is 97.5 Å². The quantitative estimate of drug-likeness (QED) is 0.0859. The van der Waals surface area contributed by atoms with Crippen molar-refractivity contribution in [3.05, 3.63) is 131 Å². The molecule has 9 rings (SSSR count). The summed E-state index contributed by atoms with van der Waals surface area (Å²) in [7, 11) is 2.58. The normalized spacial score (nSPS) is 19.3. The molecular formula is C52H56N8O7. The molecule has 2 saturated heterocycles. The Morgan fingerprint density at radius 3 is 2.39 bits per heavy atom. The summed E-state index contributed by atoms with van der Waals surface area (Å²) in [5.74, 6) is 1.01. The fourth-order valence-corrected chi connectivity index (χ4v) is 9.58. The van der Waals surface area contributed by atoms with E-state index in [0.29, 0.717) is 37.7 Å². The number of aliphatic imine (C=N–C) groups is 1. The smallest absolute Gasteiger partial charge is 0.407 e. The number of carbonyl (C=O) groups is 4. The van der Waals surface area contributed by atoms with Gasteiger partial charge in [0.1, 0.15) is 29.8 Å². The van der Waals surface area contributed by atoms with Crippen molar-refractivity contribution in [3.63, 3.8) is 0 Å². The molecule has 0 spiro atoms. The van der Waals surface area contributed by atoms with Crippen LogP contribution in [-0.4, -0.2) is 109 Å². The zero-order chi connectivity index (χ0) is 46.4. The van der Waals surface area contributed by atoms with Crippen LogP contribution >= 0.6 is 0 Å². The Bertz CT molecular complexity index is 2740. The summed E-state index contributed by atoms with van der Waals surface area (Å²) in [5.41, 5.74) is 7.99. The highest BCUT2D eigenvalue weighted by molar-refractivity contribution is 5.94. The fourth-order valence-electron chi connectivity index (χ4n) is 9.58. The monoisotopic (exact) mass is 904 g/mol. The summed E-state index contributed by atoms with van der Waals surface area (Å²) >= 11 is 0. The van der Waals surface area contributed by atoms with Crippen LogP contribution in [0.15, 0.2) is 114 Å². The molecule has 2 fully saturated rings. The number of aromatic nitrogens is 2. The van der Waals surface area contributed by atoms with Gasteiger partial charge in [0.05, 0.1) is 58.0 Å². The summed E-state index contributed by atoms with van der Waals surface area (Å²) in [5, 5.41) is 11.2. The molecule has 67 heavy (non-hydrogen) atoms. The predicted octanol–water partition coefficient (Wildman–Crippen LogP) is 7.80. The third kappa shape index (κ3) is 9.82. The van der Waals surface area contributed by atoms with Crippen molar-refractivity contribution in [2.45, 2.75) is 69.2 Å². The molecule has 4 aromatic carbocycles. The lowest BCUT2D eigenvalue weighted by atomic mass is 9.88. The third-order valence-corrected chi connectivity index (χ3v) is 13.0. The van der Waals surface area contributed by atoms with Crippen molar-refractivity contribution in [1.29, 1.82) is 0 Å². The molecular weight excluding hydrogens is 849 g/mol. The lowest BCUT2D eigenvalue weighted by molar-refractivity contribution is -0.133. The van der Waals surface area contributed by atoms with Crippen LogP contribution in [0.5, 0.6) is 0 Å². The van der Waals surface area contributed by atoms with Crippen LogP contribution in [0.2, 0.25) is 0 Å². The molecule has 4 aliphatic rings. The summed E-state index contributed by atoms with van der Waals surface area (Å²) in [4.78, 5) is 69.6. The first-order valence-corrected chi connectivity index (χ1v) is 23.0. The Labute approximate surface area is 389 Å². The minimum atomic E-state index is -0.899. The third-order valence-electron chi connectivity index (χ3n) is 13.0. The highest BCUT2D eigenvalue weighted by Gasteiger charge is 2.37. The zero-order valence-electron chi connectivity index (χ0n) is 38.0. The predicted molar refractivity (Wildman–Crippen MR) is 256 cm³/mol. The Morgan fingerprint density at radius 1 is 0.910 bits per heavy atom. The Kier molecular flexibility index (Phi) is 13.5. The topological polar surface area (TPSA) is 180 Å². The van der Waals surface area contributed by atoms with E-state index < -0.39 is 24.3 Å². The van der Waals surface area contributed by atoms with Gasteiger partial charge < -0.3 is 44.9 Å². The molecule has 4 N–H and O–H groups in total. The Balaban J connectivity index is 0.884. The van der Waals surface area contributed by atoms with Gasteiger partial charge in [0.25, 0.3) is 0 Å².